The van der Waals surface area contributed by atoms with E-state index in [1.54, 1.807) is 0 Å². The molecular weight excluding hydrogens is 474 g/mol. The highest BCUT2D eigenvalue weighted by molar-refractivity contribution is 6.78. The molecule has 0 aliphatic carbocycles. The molecule has 0 radical (unpaired) electrons. The van der Waals surface area contributed by atoms with E-state index in [-0.39, 0.29) is 11.8 Å². The quantitative estimate of drug-likeness (QED) is 0.278. The van der Waals surface area contributed by atoms with Crippen molar-refractivity contribution in [1.29, 1.82) is 0 Å². The van der Waals surface area contributed by atoms with Crippen LogP contribution in [0.5, 0.6) is 5.75 Å². The second-order valence-corrected chi connectivity index (χ2v) is 16.9. The van der Waals surface area contributed by atoms with E-state index in [0.717, 1.165) is 11.3 Å². The average molecular weight is 516 g/mol. The highest BCUT2D eigenvalue weighted by atomic mass is 35.5. The fourth-order valence-electron chi connectivity index (χ4n) is 5.98. The van der Waals surface area contributed by atoms with Crippen LogP contribution in [0, 0.1) is 0 Å². The summed E-state index contributed by atoms with van der Waals surface area (Å²) in [4.78, 5) is 15.5. The van der Waals surface area contributed by atoms with Gasteiger partial charge < -0.3 is 9.53 Å². The molecule has 1 atom stereocenters. The van der Waals surface area contributed by atoms with Gasteiger partial charge in [0.25, 0.3) is 8.32 Å². The maximum atomic E-state index is 13.3. The molecule has 1 saturated heterocycles. The number of nitrogens with zero attached hydrogens (tertiary/aromatic N) is 1. The number of benzene rings is 2. The van der Waals surface area contributed by atoms with Gasteiger partial charge in [-0.3, -0.25) is 9.69 Å². The first-order valence-electron chi connectivity index (χ1n) is 13.0. The van der Waals surface area contributed by atoms with Crippen LogP contribution in [0.1, 0.15) is 77.2 Å². The van der Waals surface area contributed by atoms with Crippen molar-refractivity contribution in [3.63, 3.8) is 0 Å². The Bertz CT molecular complexity index is 958. The van der Waals surface area contributed by atoms with Crippen molar-refractivity contribution in [3.8, 4) is 5.75 Å². The second kappa shape index (κ2) is 11.2. The highest BCUT2D eigenvalue weighted by Gasteiger charge is 2.47. The van der Waals surface area contributed by atoms with Crippen molar-refractivity contribution in [2.45, 2.75) is 89.6 Å². The van der Waals surface area contributed by atoms with Crippen LogP contribution in [-0.4, -0.2) is 43.2 Å². The van der Waals surface area contributed by atoms with Gasteiger partial charge in [0, 0.05) is 23.7 Å². The zero-order valence-corrected chi connectivity index (χ0v) is 24.1. The lowest BCUT2D eigenvalue weighted by Crippen LogP contribution is -2.50. The van der Waals surface area contributed by atoms with Gasteiger partial charge in [0.15, 0.2) is 5.78 Å². The molecule has 1 N–H and O–H groups in total. The number of rotatable bonds is 9. The number of hydrogen-bond acceptors (Lipinski definition) is 4. The molecule has 2 aromatic rings. The summed E-state index contributed by atoms with van der Waals surface area (Å²) < 4.78 is 6.75. The monoisotopic (exact) mass is 515 g/mol. The Morgan fingerprint density at radius 3 is 1.83 bits per heavy atom. The number of aliphatic hydroxyl groups is 1. The van der Waals surface area contributed by atoms with Gasteiger partial charge in [-0.05, 0) is 78.4 Å². The molecule has 1 fully saturated rings. The Labute approximate surface area is 217 Å². The smallest absolute Gasteiger partial charge is 0.258 e. The van der Waals surface area contributed by atoms with Gasteiger partial charge in [0.1, 0.15) is 5.75 Å². The summed E-state index contributed by atoms with van der Waals surface area (Å²) in [6, 6.07) is 14.9. The van der Waals surface area contributed by atoms with E-state index in [0.29, 0.717) is 53.1 Å². The number of piperidine rings is 1. The lowest BCUT2D eigenvalue weighted by atomic mass is 9.84. The van der Waals surface area contributed by atoms with Gasteiger partial charge in [0.2, 0.25) is 0 Å². The number of ketones is 1. The van der Waals surface area contributed by atoms with E-state index >= 15 is 0 Å². The minimum absolute atomic E-state index is 0.105. The van der Waals surface area contributed by atoms with Crippen molar-refractivity contribution in [1.82, 2.24) is 4.90 Å². The summed E-state index contributed by atoms with van der Waals surface area (Å²) in [7, 11) is -2.03. The van der Waals surface area contributed by atoms with E-state index in [1.165, 1.54) is 0 Å². The fourth-order valence-corrected chi connectivity index (χ4v) is 11.4. The average Bonchev–Trinajstić information content (AvgIpc) is 2.82. The second-order valence-electron chi connectivity index (χ2n) is 11.1. The minimum atomic E-state index is -2.03. The zero-order chi connectivity index (χ0) is 26.0. The number of Topliss-reactive ketones (excluding diaryl/α,β-unsaturated/α-hetero) is 1. The first-order valence-corrected chi connectivity index (χ1v) is 15.5. The minimum Gasteiger partial charge on any atom is -0.543 e. The molecule has 192 valence electrons. The SMILES string of the molecule is CC(C(=O)c1ccc(O[Si](C(C)C)(C(C)C)C(C)C)cc1)N1CCC(O)(c2ccc(Cl)cc2)CC1. The van der Waals surface area contributed by atoms with Crippen LogP contribution in [0.25, 0.3) is 0 Å². The third-order valence-electron chi connectivity index (χ3n) is 8.07. The number of halogens is 1. The molecule has 0 aromatic heterocycles. The lowest BCUT2D eigenvalue weighted by Gasteiger charge is -2.42. The Kier molecular flexibility index (Phi) is 8.90. The maximum absolute atomic E-state index is 13.3. The van der Waals surface area contributed by atoms with Crippen molar-refractivity contribution >= 4 is 25.7 Å². The third kappa shape index (κ3) is 5.85. The normalized spacial score (nSPS) is 17.7. The van der Waals surface area contributed by atoms with E-state index in [1.807, 2.05) is 55.5 Å². The van der Waals surface area contributed by atoms with E-state index in [2.05, 4.69) is 46.4 Å². The Balaban J connectivity index is 1.66. The van der Waals surface area contributed by atoms with Crippen LogP contribution in [-0.2, 0) is 5.60 Å². The van der Waals surface area contributed by atoms with Gasteiger partial charge in [-0.2, -0.15) is 0 Å². The fraction of sp³-hybridized carbons (Fsp3) is 0.552. The molecule has 3 rings (SSSR count). The molecule has 35 heavy (non-hydrogen) atoms. The molecule has 1 aliphatic heterocycles. The molecule has 0 saturated carbocycles. The summed E-state index contributed by atoms with van der Waals surface area (Å²) in [5, 5.41) is 11.8. The summed E-state index contributed by atoms with van der Waals surface area (Å²) >= 11 is 6.00. The zero-order valence-electron chi connectivity index (χ0n) is 22.3. The molecule has 1 aliphatic rings. The number of carbonyl (C=O) groups is 1. The molecule has 1 heterocycles. The number of carbonyl (C=O) groups excluding carboxylic acids is 1. The Hall–Kier alpha value is -1.66. The summed E-state index contributed by atoms with van der Waals surface area (Å²) in [6.45, 7) is 17.0. The summed E-state index contributed by atoms with van der Waals surface area (Å²) in [5.74, 6) is 0.969. The topological polar surface area (TPSA) is 49.8 Å². The standard InChI is InChI=1S/C29H42ClNO3Si/c1-20(2)35(21(3)4,22(5)6)34-27-14-8-24(9-15-27)28(32)23(7)31-18-16-29(33,17-19-31)25-10-12-26(30)13-11-25/h8-15,20-23,33H,16-19H2,1-7H3. The van der Waals surface area contributed by atoms with Crippen molar-refractivity contribution in [2.24, 2.45) is 0 Å². The van der Waals surface area contributed by atoms with Crippen LogP contribution in [0.2, 0.25) is 21.6 Å². The van der Waals surface area contributed by atoms with Gasteiger partial charge in [-0.25, -0.2) is 0 Å². The van der Waals surface area contributed by atoms with Crippen LogP contribution < -0.4 is 4.43 Å². The molecule has 0 amide bonds. The van der Waals surface area contributed by atoms with Gasteiger partial charge >= 0.3 is 0 Å². The molecular formula is C29H42ClNO3Si. The van der Waals surface area contributed by atoms with Crippen LogP contribution in [0.4, 0.5) is 0 Å². The first kappa shape index (κ1) is 27.9. The molecule has 1 unspecified atom stereocenters. The van der Waals surface area contributed by atoms with Crippen molar-refractivity contribution < 1.29 is 14.3 Å². The third-order valence-corrected chi connectivity index (χ3v) is 14.3. The van der Waals surface area contributed by atoms with Crippen LogP contribution in [0.3, 0.4) is 0 Å². The molecule has 4 nitrogen and oxygen atoms in total. The van der Waals surface area contributed by atoms with Gasteiger partial charge in [-0.1, -0.05) is 65.3 Å². The summed E-state index contributed by atoms with van der Waals surface area (Å²) in [6.07, 6.45) is 1.18. The predicted molar refractivity (Wildman–Crippen MR) is 148 cm³/mol. The van der Waals surface area contributed by atoms with Crippen molar-refractivity contribution in [3.05, 3.63) is 64.7 Å². The maximum Gasteiger partial charge on any atom is 0.258 e. The molecule has 0 spiro atoms. The Morgan fingerprint density at radius 2 is 1.37 bits per heavy atom. The molecule has 0 bridgehead atoms. The van der Waals surface area contributed by atoms with E-state index < -0.39 is 13.9 Å². The molecule has 6 heteroatoms. The van der Waals surface area contributed by atoms with E-state index in [4.69, 9.17) is 16.0 Å². The van der Waals surface area contributed by atoms with Crippen molar-refractivity contribution in [2.75, 3.05) is 13.1 Å². The van der Waals surface area contributed by atoms with Gasteiger partial charge in [-0.15, -0.1) is 0 Å². The number of likely N-dealkylation sites (tertiary alicyclic amines) is 1. The largest absolute Gasteiger partial charge is 0.543 e. The number of hydrogen-bond donors (Lipinski definition) is 1. The predicted octanol–water partition coefficient (Wildman–Crippen LogP) is 7.45. The highest BCUT2D eigenvalue weighted by Crippen LogP contribution is 2.42. The summed E-state index contributed by atoms with van der Waals surface area (Å²) in [5.41, 5.74) is 2.20. The van der Waals surface area contributed by atoms with Gasteiger partial charge in [0.05, 0.1) is 11.6 Å². The lowest BCUT2D eigenvalue weighted by molar-refractivity contribution is -0.0318. The first-order chi connectivity index (χ1) is 16.4. The molecule has 2 aromatic carbocycles. The van der Waals surface area contributed by atoms with Crippen LogP contribution in [0.15, 0.2) is 48.5 Å². The Morgan fingerprint density at radius 1 is 0.886 bits per heavy atom. The van der Waals surface area contributed by atoms with E-state index in [9.17, 15) is 9.90 Å². The van der Waals surface area contributed by atoms with Crippen LogP contribution >= 0.6 is 11.6 Å².